The quantitative estimate of drug-likeness (QED) is 0.404. The van der Waals surface area contributed by atoms with Gasteiger partial charge >= 0.3 is 0 Å². The van der Waals surface area contributed by atoms with Crippen molar-refractivity contribution in [2.45, 2.75) is 20.0 Å². The van der Waals surface area contributed by atoms with Crippen molar-refractivity contribution in [2.24, 2.45) is 0 Å². The summed E-state index contributed by atoms with van der Waals surface area (Å²) < 4.78 is 10.7. The van der Waals surface area contributed by atoms with E-state index in [0.29, 0.717) is 43.5 Å². The van der Waals surface area contributed by atoms with E-state index >= 15 is 0 Å². The summed E-state index contributed by atoms with van der Waals surface area (Å²) in [5.74, 6) is 0.779. The second-order valence-electron chi connectivity index (χ2n) is 6.87. The summed E-state index contributed by atoms with van der Waals surface area (Å²) in [4.78, 5) is 17.7. The van der Waals surface area contributed by atoms with Crippen LogP contribution < -0.4 is 15.6 Å². The number of hydrogen-bond donors (Lipinski definition) is 2. The van der Waals surface area contributed by atoms with Crippen LogP contribution in [-0.4, -0.2) is 41.9 Å². The largest absolute Gasteiger partial charge is 0.494 e. The molecule has 7 heteroatoms. The standard InChI is InChI=1S/C23H27N3O3S/c1-3-29-20-9-10-21-18(14-20)13-19(22(27)25-21)16-26(23(30)24-11-12-28-2)15-17-7-5-4-6-8-17/h4-10,13-14H,3,11-12,15-16H2,1-2H3,(H,24,30)(H,25,27). The van der Waals surface area contributed by atoms with Gasteiger partial charge in [0.05, 0.1) is 19.8 Å². The van der Waals surface area contributed by atoms with Crippen molar-refractivity contribution < 1.29 is 9.47 Å². The van der Waals surface area contributed by atoms with Gasteiger partial charge in [0.1, 0.15) is 5.75 Å². The van der Waals surface area contributed by atoms with Gasteiger partial charge in [0.15, 0.2) is 5.11 Å². The fraction of sp³-hybridized carbons (Fsp3) is 0.304. The van der Waals surface area contributed by atoms with Crippen LogP contribution in [0.25, 0.3) is 10.9 Å². The van der Waals surface area contributed by atoms with E-state index in [0.717, 1.165) is 22.2 Å². The molecule has 30 heavy (non-hydrogen) atoms. The van der Waals surface area contributed by atoms with Gasteiger partial charge in [-0.25, -0.2) is 0 Å². The molecule has 0 saturated heterocycles. The highest BCUT2D eigenvalue weighted by molar-refractivity contribution is 7.80. The predicted molar refractivity (Wildman–Crippen MR) is 124 cm³/mol. The first-order valence-electron chi connectivity index (χ1n) is 9.95. The molecule has 1 aromatic heterocycles. The van der Waals surface area contributed by atoms with Gasteiger partial charge in [-0.05, 0) is 49.0 Å². The average Bonchev–Trinajstić information content (AvgIpc) is 2.75. The summed E-state index contributed by atoms with van der Waals surface area (Å²) >= 11 is 5.61. The van der Waals surface area contributed by atoms with E-state index in [1.54, 1.807) is 7.11 Å². The van der Waals surface area contributed by atoms with E-state index < -0.39 is 0 Å². The summed E-state index contributed by atoms with van der Waals surface area (Å²) in [5.41, 5.74) is 2.42. The maximum Gasteiger partial charge on any atom is 0.253 e. The van der Waals surface area contributed by atoms with E-state index in [1.807, 2.05) is 66.4 Å². The molecule has 0 saturated carbocycles. The Morgan fingerprint density at radius 1 is 1.13 bits per heavy atom. The number of aromatic amines is 1. The van der Waals surface area contributed by atoms with Gasteiger partial charge in [-0.15, -0.1) is 0 Å². The highest BCUT2D eigenvalue weighted by atomic mass is 32.1. The number of aromatic nitrogens is 1. The zero-order valence-corrected chi connectivity index (χ0v) is 18.1. The third kappa shape index (κ3) is 5.81. The third-order valence-corrected chi connectivity index (χ3v) is 5.05. The normalized spacial score (nSPS) is 10.7. The van der Waals surface area contributed by atoms with Crippen molar-refractivity contribution in [1.82, 2.24) is 15.2 Å². The number of hydrogen-bond acceptors (Lipinski definition) is 4. The number of nitrogens with zero attached hydrogens (tertiary/aromatic N) is 1. The maximum atomic E-state index is 12.7. The van der Waals surface area contributed by atoms with E-state index in [1.165, 1.54) is 0 Å². The number of methoxy groups -OCH3 is 1. The van der Waals surface area contributed by atoms with Crippen LogP contribution >= 0.6 is 12.2 Å². The number of ether oxygens (including phenoxy) is 2. The molecule has 1 heterocycles. The van der Waals surface area contributed by atoms with Crippen molar-refractivity contribution in [2.75, 3.05) is 26.9 Å². The smallest absolute Gasteiger partial charge is 0.253 e. The topological polar surface area (TPSA) is 66.6 Å². The molecular weight excluding hydrogens is 398 g/mol. The molecule has 0 unspecified atom stereocenters. The van der Waals surface area contributed by atoms with Crippen LogP contribution in [0.5, 0.6) is 5.75 Å². The molecule has 2 aromatic carbocycles. The van der Waals surface area contributed by atoms with Gasteiger partial charge in [0.25, 0.3) is 5.56 Å². The fourth-order valence-corrected chi connectivity index (χ4v) is 3.42. The summed E-state index contributed by atoms with van der Waals surface area (Å²) in [6.07, 6.45) is 0. The summed E-state index contributed by atoms with van der Waals surface area (Å²) in [6.45, 7) is 4.67. The molecule has 0 aliphatic rings. The molecule has 3 rings (SSSR count). The maximum absolute atomic E-state index is 12.7. The van der Waals surface area contributed by atoms with E-state index in [4.69, 9.17) is 21.7 Å². The molecule has 0 aliphatic carbocycles. The van der Waals surface area contributed by atoms with Crippen molar-refractivity contribution in [3.63, 3.8) is 0 Å². The molecular formula is C23H27N3O3S. The van der Waals surface area contributed by atoms with E-state index in [2.05, 4.69) is 10.3 Å². The molecule has 3 aromatic rings. The Balaban J connectivity index is 1.87. The number of thiocarbonyl (C=S) groups is 1. The fourth-order valence-electron chi connectivity index (χ4n) is 3.18. The van der Waals surface area contributed by atoms with Crippen LogP contribution in [0.15, 0.2) is 59.4 Å². The average molecular weight is 426 g/mol. The number of nitrogens with one attached hydrogen (secondary N) is 2. The Morgan fingerprint density at radius 3 is 2.67 bits per heavy atom. The molecule has 0 radical (unpaired) electrons. The van der Waals surface area contributed by atoms with Crippen LogP contribution in [-0.2, 0) is 17.8 Å². The zero-order valence-electron chi connectivity index (χ0n) is 17.3. The monoisotopic (exact) mass is 425 g/mol. The highest BCUT2D eigenvalue weighted by Crippen LogP contribution is 2.20. The minimum Gasteiger partial charge on any atom is -0.494 e. The van der Waals surface area contributed by atoms with Crippen molar-refractivity contribution >= 4 is 28.2 Å². The first kappa shape index (κ1) is 21.8. The van der Waals surface area contributed by atoms with Crippen molar-refractivity contribution in [1.29, 1.82) is 0 Å². The highest BCUT2D eigenvalue weighted by Gasteiger charge is 2.14. The minimum atomic E-state index is -0.121. The first-order valence-corrected chi connectivity index (χ1v) is 10.4. The van der Waals surface area contributed by atoms with Gasteiger partial charge < -0.3 is 24.7 Å². The van der Waals surface area contributed by atoms with Crippen molar-refractivity contribution in [3.8, 4) is 5.75 Å². The lowest BCUT2D eigenvalue weighted by molar-refractivity contribution is 0.202. The van der Waals surface area contributed by atoms with Crippen LogP contribution in [0.2, 0.25) is 0 Å². The Kier molecular flexibility index (Phi) is 7.82. The molecule has 0 fully saturated rings. The molecule has 0 spiro atoms. The lowest BCUT2D eigenvalue weighted by atomic mass is 10.1. The second kappa shape index (κ2) is 10.8. The SMILES string of the molecule is CCOc1ccc2[nH]c(=O)c(CN(Cc3ccccc3)C(=S)NCCOC)cc2c1. The van der Waals surface area contributed by atoms with Crippen molar-refractivity contribution in [3.05, 3.63) is 76.1 Å². The van der Waals surface area contributed by atoms with Gasteiger partial charge in [-0.1, -0.05) is 30.3 Å². The zero-order chi connectivity index (χ0) is 21.3. The number of H-pyrrole nitrogens is 1. The van der Waals surface area contributed by atoms with Crippen LogP contribution in [0.3, 0.4) is 0 Å². The summed E-state index contributed by atoms with van der Waals surface area (Å²) in [7, 11) is 1.65. The predicted octanol–water partition coefficient (Wildman–Crippen LogP) is 3.45. The molecule has 0 amide bonds. The molecule has 0 aliphatic heterocycles. The summed E-state index contributed by atoms with van der Waals surface area (Å²) in [5, 5.41) is 4.71. The molecule has 0 bridgehead atoms. The number of benzene rings is 2. The summed E-state index contributed by atoms with van der Waals surface area (Å²) in [6, 6.07) is 17.6. The number of fused-ring (bicyclic) bond motifs is 1. The van der Waals surface area contributed by atoms with Gasteiger partial charge in [-0.2, -0.15) is 0 Å². The third-order valence-electron chi connectivity index (χ3n) is 4.65. The number of pyridine rings is 1. The second-order valence-corrected chi connectivity index (χ2v) is 7.26. The molecule has 0 atom stereocenters. The molecule has 2 N–H and O–H groups in total. The minimum absolute atomic E-state index is 0.121. The number of rotatable bonds is 9. The van der Waals surface area contributed by atoms with Crippen LogP contribution in [0.4, 0.5) is 0 Å². The van der Waals surface area contributed by atoms with Gasteiger partial charge in [-0.3, -0.25) is 4.79 Å². The lowest BCUT2D eigenvalue weighted by Gasteiger charge is -2.26. The first-order chi connectivity index (χ1) is 14.6. The molecule has 158 valence electrons. The lowest BCUT2D eigenvalue weighted by Crippen LogP contribution is -2.41. The Bertz CT molecular complexity index is 1040. The Morgan fingerprint density at radius 2 is 1.93 bits per heavy atom. The van der Waals surface area contributed by atoms with Crippen LogP contribution in [0.1, 0.15) is 18.1 Å². The van der Waals surface area contributed by atoms with Crippen LogP contribution in [0, 0.1) is 0 Å². The molecule has 6 nitrogen and oxygen atoms in total. The van der Waals surface area contributed by atoms with E-state index in [9.17, 15) is 4.79 Å². The van der Waals surface area contributed by atoms with Gasteiger partial charge in [0, 0.05) is 36.7 Å². The van der Waals surface area contributed by atoms with E-state index in [-0.39, 0.29) is 5.56 Å². The Hall–Kier alpha value is -2.90. The van der Waals surface area contributed by atoms with Gasteiger partial charge in [0.2, 0.25) is 0 Å². The Labute approximate surface area is 181 Å².